The number of para-hydroxylation sites is 1. The number of aryl methyl sites for hydroxylation is 1. The van der Waals surface area contributed by atoms with Crippen molar-refractivity contribution < 1.29 is 13.2 Å². The Hall–Kier alpha value is -3.55. The van der Waals surface area contributed by atoms with Gasteiger partial charge in [-0.3, -0.25) is 9.78 Å². The predicted octanol–water partition coefficient (Wildman–Crippen LogP) is 4.07. The number of pyridine rings is 1. The first kappa shape index (κ1) is 21.7. The summed E-state index contributed by atoms with van der Waals surface area (Å²) < 4.78 is 29.3. The number of nitrogens with zero attached hydrogens (tertiary/aromatic N) is 1. The maximum atomic E-state index is 13.3. The van der Waals surface area contributed by atoms with Crippen LogP contribution in [0.2, 0.25) is 0 Å². The van der Waals surface area contributed by atoms with Crippen LogP contribution in [0.3, 0.4) is 0 Å². The molecule has 6 nitrogen and oxygen atoms in total. The molecule has 1 heterocycles. The number of hydrogen-bond acceptors (Lipinski definition) is 4. The molecule has 0 unspecified atom stereocenters. The van der Waals surface area contributed by atoms with Gasteiger partial charge in [-0.05, 0) is 48.7 Å². The Labute approximate surface area is 187 Å². The third kappa shape index (κ3) is 5.01. The molecule has 32 heavy (non-hydrogen) atoms. The monoisotopic (exact) mass is 445 g/mol. The molecule has 0 bridgehead atoms. The molecule has 1 atom stereocenters. The molecule has 0 aliphatic heterocycles. The Morgan fingerprint density at radius 1 is 0.938 bits per heavy atom. The van der Waals surface area contributed by atoms with Crippen LogP contribution in [0.25, 0.3) is 10.9 Å². The van der Waals surface area contributed by atoms with Crippen molar-refractivity contribution in [3.05, 3.63) is 102 Å². The number of aromatic nitrogens is 1. The Bertz CT molecular complexity index is 1350. The van der Waals surface area contributed by atoms with E-state index in [9.17, 15) is 13.2 Å². The molecular weight excluding hydrogens is 422 g/mol. The van der Waals surface area contributed by atoms with Crippen molar-refractivity contribution in [3.8, 4) is 0 Å². The van der Waals surface area contributed by atoms with Gasteiger partial charge in [0, 0.05) is 17.3 Å². The minimum Gasteiger partial charge on any atom is -0.325 e. The lowest BCUT2D eigenvalue weighted by molar-refractivity contribution is -0.117. The quantitative estimate of drug-likeness (QED) is 0.449. The van der Waals surface area contributed by atoms with Crippen molar-refractivity contribution in [1.29, 1.82) is 0 Å². The van der Waals surface area contributed by atoms with Gasteiger partial charge in [-0.25, -0.2) is 8.42 Å². The minimum atomic E-state index is -4.02. The van der Waals surface area contributed by atoms with Crippen LogP contribution >= 0.6 is 0 Å². The van der Waals surface area contributed by atoms with E-state index in [4.69, 9.17) is 0 Å². The Balaban J connectivity index is 1.66. The third-order valence-corrected chi connectivity index (χ3v) is 6.57. The highest BCUT2D eigenvalue weighted by atomic mass is 32.2. The number of carbonyl (C=O) groups excluding carboxylic acids is 1. The van der Waals surface area contributed by atoms with E-state index < -0.39 is 22.0 Å². The number of amides is 1. The highest BCUT2D eigenvalue weighted by molar-refractivity contribution is 7.89. The zero-order chi connectivity index (χ0) is 22.6. The number of carbonyl (C=O) groups is 1. The molecular formula is C25H23N3O3S. The topological polar surface area (TPSA) is 88.2 Å². The molecule has 0 aliphatic carbocycles. The fourth-order valence-electron chi connectivity index (χ4n) is 3.53. The second kappa shape index (κ2) is 9.30. The minimum absolute atomic E-state index is 0.0389. The molecule has 0 aliphatic rings. The van der Waals surface area contributed by atoms with E-state index in [2.05, 4.69) is 15.0 Å². The van der Waals surface area contributed by atoms with Crippen molar-refractivity contribution in [2.24, 2.45) is 0 Å². The van der Waals surface area contributed by atoms with Crippen molar-refractivity contribution in [2.75, 3.05) is 5.32 Å². The van der Waals surface area contributed by atoms with E-state index in [-0.39, 0.29) is 11.3 Å². The van der Waals surface area contributed by atoms with Crippen molar-refractivity contribution in [3.63, 3.8) is 0 Å². The van der Waals surface area contributed by atoms with E-state index >= 15 is 0 Å². The van der Waals surface area contributed by atoms with Gasteiger partial charge in [-0.2, -0.15) is 4.72 Å². The van der Waals surface area contributed by atoms with E-state index in [1.807, 2.05) is 55.5 Å². The number of rotatable bonds is 7. The van der Waals surface area contributed by atoms with E-state index in [0.29, 0.717) is 16.6 Å². The second-order valence-electron chi connectivity index (χ2n) is 7.55. The van der Waals surface area contributed by atoms with Gasteiger partial charge in [0.2, 0.25) is 15.9 Å². The molecule has 1 aromatic heterocycles. The zero-order valence-corrected chi connectivity index (χ0v) is 18.3. The largest absolute Gasteiger partial charge is 0.325 e. The summed E-state index contributed by atoms with van der Waals surface area (Å²) in [5.74, 6) is -0.434. The van der Waals surface area contributed by atoms with E-state index in [1.165, 1.54) is 6.07 Å². The predicted molar refractivity (Wildman–Crippen MR) is 126 cm³/mol. The highest BCUT2D eigenvalue weighted by Gasteiger charge is 2.27. The van der Waals surface area contributed by atoms with Gasteiger partial charge >= 0.3 is 0 Å². The summed E-state index contributed by atoms with van der Waals surface area (Å²) in [6.45, 7) is 1.92. The number of fused-ring (bicyclic) bond motifs is 1. The van der Waals surface area contributed by atoms with Crippen molar-refractivity contribution >= 4 is 32.5 Å². The molecule has 0 saturated carbocycles. The lowest BCUT2D eigenvalue weighted by Crippen LogP contribution is -2.45. The molecule has 0 radical (unpaired) electrons. The first-order chi connectivity index (χ1) is 15.4. The number of sulfonamides is 1. The van der Waals surface area contributed by atoms with Crippen LogP contribution in [0.15, 0.2) is 96.0 Å². The molecule has 1 amide bonds. The van der Waals surface area contributed by atoms with E-state index in [0.717, 1.165) is 11.1 Å². The van der Waals surface area contributed by atoms with Gasteiger partial charge < -0.3 is 5.32 Å². The average molecular weight is 446 g/mol. The Morgan fingerprint density at radius 3 is 2.47 bits per heavy atom. The summed E-state index contributed by atoms with van der Waals surface area (Å²) in [6, 6.07) is 24.2. The number of anilines is 1. The lowest BCUT2D eigenvalue weighted by Gasteiger charge is -2.19. The van der Waals surface area contributed by atoms with Crippen LogP contribution in [0, 0.1) is 6.92 Å². The normalized spacial score (nSPS) is 12.4. The third-order valence-electron chi connectivity index (χ3n) is 5.07. The van der Waals surface area contributed by atoms with Crippen molar-refractivity contribution in [2.45, 2.75) is 24.3 Å². The van der Waals surface area contributed by atoms with Crippen molar-refractivity contribution in [1.82, 2.24) is 9.71 Å². The molecule has 0 saturated heterocycles. The lowest BCUT2D eigenvalue weighted by atomic mass is 10.1. The van der Waals surface area contributed by atoms with Gasteiger partial charge in [0.25, 0.3) is 0 Å². The van der Waals surface area contributed by atoms with Gasteiger partial charge in [-0.1, -0.05) is 60.7 Å². The summed E-state index contributed by atoms with van der Waals surface area (Å²) in [5, 5.41) is 3.54. The number of benzene rings is 3. The summed E-state index contributed by atoms with van der Waals surface area (Å²) in [4.78, 5) is 17.4. The summed E-state index contributed by atoms with van der Waals surface area (Å²) >= 11 is 0. The summed E-state index contributed by atoms with van der Waals surface area (Å²) in [7, 11) is -4.02. The average Bonchev–Trinajstić information content (AvgIpc) is 2.79. The molecule has 7 heteroatoms. The van der Waals surface area contributed by atoms with Gasteiger partial charge in [0.05, 0.1) is 5.52 Å². The van der Waals surface area contributed by atoms with Crippen LogP contribution in [-0.2, 0) is 21.2 Å². The molecule has 0 fully saturated rings. The standard InChI is InChI=1S/C25H23N3O3S/c1-18-8-5-13-21(16-18)27-25(29)22(17-19-9-3-2-4-10-19)28-32(30,31)23-14-6-11-20-12-7-15-26-24(20)23/h2-16,22,28H,17H2,1H3,(H,27,29)/t22-/m0/s1. The second-order valence-corrected chi connectivity index (χ2v) is 9.24. The molecule has 4 aromatic rings. The molecule has 4 rings (SSSR count). The van der Waals surface area contributed by atoms with Crippen LogP contribution in [0.1, 0.15) is 11.1 Å². The molecule has 2 N–H and O–H groups in total. The van der Waals surface area contributed by atoms with Gasteiger partial charge in [0.15, 0.2) is 0 Å². The van der Waals surface area contributed by atoms with Gasteiger partial charge in [0.1, 0.15) is 10.9 Å². The SMILES string of the molecule is Cc1cccc(NC(=O)[C@H](Cc2ccccc2)NS(=O)(=O)c2cccc3cccnc23)c1. The summed E-state index contributed by atoms with van der Waals surface area (Å²) in [6.07, 6.45) is 1.75. The van der Waals surface area contributed by atoms with Crippen LogP contribution in [0.4, 0.5) is 5.69 Å². The van der Waals surface area contributed by atoms with E-state index in [1.54, 1.807) is 36.5 Å². The maximum Gasteiger partial charge on any atom is 0.243 e. The summed E-state index contributed by atoms with van der Waals surface area (Å²) in [5.41, 5.74) is 2.81. The smallest absolute Gasteiger partial charge is 0.243 e. The number of nitrogens with one attached hydrogen (secondary N) is 2. The van der Waals surface area contributed by atoms with Gasteiger partial charge in [-0.15, -0.1) is 0 Å². The first-order valence-corrected chi connectivity index (χ1v) is 11.7. The zero-order valence-electron chi connectivity index (χ0n) is 17.5. The van der Waals surface area contributed by atoms with Crippen LogP contribution in [-0.4, -0.2) is 25.4 Å². The van der Waals surface area contributed by atoms with Crippen LogP contribution < -0.4 is 10.0 Å². The molecule has 0 spiro atoms. The Morgan fingerprint density at radius 2 is 1.69 bits per heavy atom. The molecule has 162 valence electrons. The fourth-order valence-corrected chi connectivity index (χ4v) is 4.91. The number of hydrogen-bond donors (Lipinski definition) is 2. The Kier molecular flexibility index (Phi) is 6.30. The van der Waals surface area contributed by atoms with Crippen LogP contribution in [0.5, 0.6) is 0 Å². The fraction of sp³-hybridized carbons (Fsp3) is 0.120. The molecule has 3 aromatic carbocycles. The first-order valence-electron chi connectivity index (χ1n) is 10.2. The maximum absolute atomic E-state index is 13.3. The highest BCUT2D eigenvalue weighted by Crippen LogP contribution is 2.21.